The Bertz CT molecular complexity index is 623. The third-order valence-corrected chi connectivity index (χ3v) is 2.27. The van der Waals surface area contributed by atoms with Gasteiger partial charge in [-0.05, 0) is 10.4 Å². The number of halogens is 1. The van der Waals surface area contributed by atoms with Crippen molar-refractivity contribution >= 4 is 28.2 Å². The Kier molecular flexibility index (Phi) is 1.30. The molecule has 0 amide bonds. The zero-order valence-electron chi connectivity index (χ0n) is 7.09. The predicted molar refractivity (Wildman–Crippen MR) is 47.9 cm³/mol. The molecule has 0 radical (unpaired) electrons. The summed E-state index contributed by atoms with van der Waals surface area (Å²) in [5.74, 6) is 0. The zero-order chi connectivity index (χ0) is 9.71. The van der Waals surface area contributed by atoms with Crippen molar-refractivity contribution in [3.63, 3.8) is 0 Å². The summed E-state index contributed by atoms with van der Waals surface area (Å²) in [4.78, 5) is 0. The maximum atomic E-state index is 5.95. The number of hydrogen-bond donors (Lipinski definition) is 0. The number of fused-ring (bicyclic) bond motifs is 3. The standard InChI is InChI=1S/C6H4ClN7/c1-13-4-3(2-8-13)6-9-11-12-14(6)10-5(4)7/h2H,1H3. The van der Waals surface area contributed by atoms with E-state index >= 15 is 0 Å². The first-order valence-electron chi connectivity index (χ1n) is 3.83. The Morgan fingerprint density at radius 3 is 3.14 bits per heavy atom. The summed E-state index contributed by atoms with van der Waals surface area (Å²) < 4.78 is 2.92. The third-order valence-electron chi connectivity index (χ3n) is 2.01. The van der Waals surface area contributed by atoms with E-state index in [0.29, 0.717) is 10.8 Å². The van der Waals surface area contributed by atoms with Gasteiger partial charge in [0.05, 0.1) is 11.6 Å². The number of aromatic nitrogens is 7. The molecular weight excluding hydrogens is 206 g/mol. The van der Waals surface area contributed by atoms with Crippen molar-refractivity contribution < 1.29 is 0 Å². The largest absolute Gasteiger partial charge is 0.265 e. The van der Waals surface area contributed by atoms with Gasteiger partial charge in [0.2, 0.25) is 5.65 Å². The van der Waals surface area contributed by atoms with Gasteiger partial charge in [-0.1, -0.05) is 11.6 Å². The van der Waals surface area contributed by atoms with E-state index in [-0.39, 0.29) is 0 Å². The molecule has 0 fully saturated rings. The quantitative estimate of drug-likeness (QED) is 0.523. The average Bonchev–Trinajstić information content (AvgIpc) is 2.71. The van der Waals surface area contributed by atoms with Gasteiger partial charge in [-0.25, -0.2) is 0 Å². The van der Waals surface area contributed by atoms with Gasteiger partial charge < -0.3 is 0 Å². The van der Waals surface area contributed by atoms with Crippen LogP contribution >= 0.6 is 11.6 Å². The van der Waals surface area contributed by atoms with E-state index < -0.39 is 0 Å². The number of tetrazole rings is 1. The molecule has 0 unspecified atom stereocenters. The van der Waals surface area contributed by atoms with Gasteiger partial charge in [0.25, 0.3) is 0 Å². The number of hydrogen-bond acceptors (Lipinski definition) is 5. The Labute approximate surface area is 82.3 Å². The van der Waals surface area contributed by atoms with Crippen LogP contribution in [0.15, 0.2) is 6.20 Å². The molecule has 0 spiro atoms. The second kappa shape index (κ2) is 2.38. The predicted octanol–water partition coefficient (Wildman–Crippen LogP) is 0.0594. The van der Waals surface area contributed by atoms with Crippen molar-refractivity contribution in [3.8, 4) is 0 Å². The van der Waals surface area contributed by atoms with Crippen LogP contribution in [0.1, 0.15) is 0 Å². The lowest BCUT2D eigenvalue weighted by molar-refractivity contribution is 0.732. The molecule has 0 aliphatic rings. The fourth-order valence-corrected chi connectivity index (χ4v) is 1.68. The molecule has 0 saturated heterocycles. The summed E-state index contributed by atoms with van der Waals surface area (Å²) in [6, 6.07) is 0. The maximum absolute atomic E-state index is 5.95. The van der Waals surface area contributed by atoms with Crippen LogP contribution in [0.25, 0.3) is 16.6 Å². The summed E-state index contributed by atoms with van der Waals surface area (Å²) in [6.45, 7) is 0. The Morgan fingerprint density at radius 1 is 1.43 bits per heavy atom. The molecular formula is C6H4ClN7. The van der Waals surface area contributed by atoms with Gasteiger partial charge in [0, 0.05) is 7.05 Å². The van der Waals surface area contributed by atoms with Crippen molar-refractivity contribution in [1.82, 2.24) is 35.0 Å². The summed E-state index contributed by atoms with van der Waals surface area (Å²) in [7, 11) is 1.79. The maximum Gasteiger partial charge on any atom is 0.211 e. The minimum absolute atomic E-state index is 0.333. The van der Waals surface area contributed by atoms with Crippen LogP contribution in [0.5, 0.6) is 0 Å². The number of nitrogens with zero attached hydrogens (tertiary/aromatic N) is 7. The molecule has 14 heavy (non-hydrogen) atoms. The van der Waals surface area contributed by atoms with Gasteiger partial charge >= 0.3 is 0 Å². The molecule has 0 aromatic carbocycles. The smallest absolute Gasteiger partial charge is 0.211 e. The van der Waals surface area contributed by atoms with Crippen LogP contribution in [0.2, 0.25) is 5.15 Å². The normalized spacial score (nSPS) is 11.6. The molecule has 3 rings (SSSR count). The highest BCUT2D eigenvalue weighted by Crippen LogP contribution is 2.22. The van der Waals surface area contributed by atoms with Crippen molar-refractivity contribution in [2.24, 2.45) is 7.05 Å². The molecule has 3 heterocycles. The van der Waals surface area contributed by atoms with Crippen LogP contribution < -0.4 is 0 Å². The van der Waals surface area contributed by atoms with E-state index in [9.17, 15) is 0 Å². The SMILES string of the molecule is Cn1ncc2c1c(Cl)nn1nnnc21. The first-order valence-corrected chi connectivity index (χ1v) is 4.21. The molecule has 0 bridgehead atoms. The van der Waals surface area contributed by atoms with E-state index in [4.69, 9.17) is 11.6 Å². The molecule has 0 atom stereocenters. The fraction of sp³-hybridized carbons (Fsp3) is 0.167. The highest BCUT2D eigenvalue weighted by atomic mass is 35.5. The molecule has 3 aromatic heterocycles. The van der Waals surface area contributed by atoms with Gasteiger partial charge in [-0.15, -0.1) is 14.8 Å². The van der Waals surface area contributed by atoms with Gasteiger partial charge in [-0.3, -0.25) is 4.68 Å². The Morgan fingerprint density at radius 2 is 2.29 bits per heavy atom. The second-order valence-corrected chi connectivity index (χ2v) is 3.17. The summed E-state index contributed by atoms with van der Waals surface area (Å²) in [5, 5.41) is 20.2. The lowest BCUT2D eigenvalue weighted by Crippen LogP contribution is -1.98. The lowest BCUT2D eigenvalue weighted by Gasteiger charge is -1.96. The van der Waals surface area contributed by atoms with Crippen LogP contribution in [0.4, 0.5) is 0 Å². The van der Waals surface area contributed by atoms with Crippen LogP contribution in [-0.4, -0.2) is 35.0 Å². The van der Waals surface area contributed by atoms with Gasteiger partial charge in [0.15, 0.2) is 5.15 Å². The van der Waals surface area contributed by atoms with Gasteiger partial charge in [0.1, 0.15) is 5.52 Å². The minimum atomic E-state index is 0.333. The topological polar surface area (TPSA) is 73.8 Å². The highest BCUT2D eigenvalue weighted by molar-refractivity contribution is 6.34. The summed E-state index contributed by atoms with van der Waals surface area (Å²) in [5.41, 5.74) is 1.28. The number of rotatable bonds is 0. The lowest BCUT2D eigenvalue weighted by atomic mass is 10.4. The zero-order valence-corrected chi connectivity index (χ0v) is 7.84. The summed E-state index contributed by atoms with van der Waals surface area (Å²) in [6.07, 6.45) is 1.66. The molecule has 0 saturated carbocycles. The van der Waals surface area contributed by atoms with Crippen molar-refractivity contribution in [2.75, 3.05) is 0 Å². The molecule has 8 heteroatoms. The van der Waals surface area contributed by atoms with Crippen molar-refractivity contribution in [1.29, 1.82) is 0 Å². The van der Waals surface area contributed by atoms with Crippen molar-refractivity contribution in [3.05, 3.63) is 11.3 Å². The van der Waals surface area contributed by atoms with Crippen LogP contribution in [0, 0.1) is 0 Å². The molecule has 0 aliphatic carbocycles. The number of aryl methyl sites for hydroxylation is 1. The third kappa shape index (κ3) is 0.791. The molecule has 70 valence electrons. The van der Waals surface area contributed by atoms with E-state index in [1.807, 2.05) is 0 Å². The fourth-order valence-electron chi connectivity index (χ4n) is 1.39. The van der Waals surface area contributed by atoms with E-state index in [1.54, 1.807) is 17.9 Å². The van der Waals surface area contributed by atoms with Crippen LogP contribution in [0.3, 0.4) is 0 Å². The van der Waals surface area contributed by atoms with Gasteiger partial charge in [-0.2, -0.15) is 5.10 Å². The average molecular weight is 210 g/mol. The van der Waals surface area contributed by atoms with Crippen LogP contribution in [-0.2, 0) is 7.05 Å². The minimum Gasteiger partial charge on any atom is -0.265 e. The molecule has 3 aromatic rings. The Balaban J connectivity index is 2.68. The monoisotopic (exact) mass is 209 g/mol. The van der Waals surface area contributed by atoms with E-state index in [0.717, 1.165) is 10.9 Å². The first kappa shape index (κ1) is 7.63. The summed E-state index contributed by atoms with van der Waals surface area (Å²) >= 11 is 5.95. The van der Waals surface area contributed by atoms with E-state index in [2.05, 4.69) is 25.7 Å². The van der Waals surface area contributed by atoms with Crippen molar-refractivity contribution in [2.45, 2.75) is 0 Å². The molecule has 7 nitrogen and oxygen atoms in total. The molecule has 0 N–H and O–H groups in total. The second-order valence-electron chi connectivity index (χ2n) is 2.81. The van der Waals surface area contributed by atoms with E-state index in [1.165, 1.54) is 4.63 Å². The Hall–Kier alpha value is -1.76. The highest BCUT2D eigenvalue weighted by Gasteiger charge is 2.12. The molecule has 0 aliphatic heterocycles. The first-order chi connectivity index (χ1) is 6.77.